The van der Waals surface area contributed by atoms with Crippen LogP contribution >= 0.6 is 0 Å². The van der Waals surface area contributed by atoms with Gasteiger partial charge >= 0.3 is 6.03 Å². The van der Waals surface area contributed by atoms with E-state index in [9.17, 15) is 23.2 Å². The molecule has 1 aliphatic rings. The monoisotopic (exact) mass is 387 g/mol. The average molecular weight is 387 g/mol. The van der Waals surface area contributed by atoms with Crippen LogP contribution in [-0.2, 0) is 15.1 Å². The zero-order chi connectivity index (χ0) is 20.3. The Kier molecular flexibility index (Phi) is 5.39. The van der Waals surface area contributed by atoms with Crippen molar-refractivity contribution in [3.63, 3.8) is 0 Å². The average Bonchev–Trinajstić information content (AvgIpc) is 2.91. The number of benzene rings is 2. The molecule has 6 nitrogen and oxygen atoms in total. The van der Waals surface area contributed by atoms with Crippen molar-refractivity contribution in [3.05, 3.63) is 65.7 Å². The Morgan fingerprint density at radius 3 is 2.32 bits per heavy atom. The van der Waals surface area contributed by atoms with Gasteiger partial charge in [-0.1, -0.05) is 49.7 Å². The van der Waals surface area contributed by atoms with E-state index in [4.69, 9.17) is 0 Å². The zero-order valence-corrected chi connectivity index (χ0v) is 15.2. The molecule has 0 spiro atoms. The predicted octanol–water partition coefficient (Wildman–Crippen LogP) is 3.15. The van der Waals surface area contributed by atoms with E-state index in [0.717, 1.165) is 23.1 Å². The van der Waals surface area contributed by atoms with Crippen LogP contribution in [0.4, 0.5) is 19.3 Å². The molecule has 1 saturated heterocycles. The van der Waals surface area contributed by atoms with Crippen molar-refractivity contribution in [1.29, 1.82) is 0 Å². The van der Waals surface area contributed by atoms with E-state index in [1.165, 1.54) is 0 Å². The molecule has 0 aliphatic carbocycles. The van der Waals surface area contributed by atoms with Gasteiger partial charge in [0, 0.05) is 0 Å². The molecule has 4 amide bonds. The molecule has 2 aromatic carbocycles. The molecule has 1 atom stereocenters. The largest absolute Gasteiger partial charge is 0.325 e. The van der Waals surface area contributed by atoms with Gasteiger partial charge in [0.2, 0.25) is 5.91 Å². The number of hydrogen-bond donors (Lipinski definition) is 2. The second-order valence-corrected chi connectivity index (χ2v) is 6.49. The molecule has 0 radical (unpaired) electrons. The molecule has 146 valence electrons. The summed E-state index contributed by atoms with van der Waals surface area (Å²) in [6, 6.07) is 11.2. The van der Waals surface area contributed by atoms with Crippen LogP contribution in [0.1, 0.15) is 25.3 Å². The maximum atomic E-state index is 13.7. The molecule has 3 rings (SSSR count). The Labute approximate surface area is 160 Å². The van der Waals surface area contributed by atoms with E-state index in [1.54, 1.807) is 30.3 Å². The van der Waals surface area contributed by atoms with E-state index in [0.29, 0.717) is 18.4 Å². The van der Waals surface area contributed by atoms with Crippen LogP contribution in [-0.4, -0.2) is 29.3 Å². The molecule has 2 aromatic rings. The number of nitrogens with one attached hydrogen (secondary N) is 2. The lowest BCUT2D eigenvalue weighted by atomic mass is 9.85. The molecule has 0 saturated carbocycles. The van der Waals surface area contributed by atoms with E-state index in [2.05, 4.69) is 10.6 Å². The van der Waals surface area contributed by atoms with Crippen LogP contribution in [0.15, 0.2) is 48.5 Å². The second kappa shape index (κ2) is 7.75. The van der Waals surface area contributed by atoms with Gasteiger partial charge in [-0.3, -0.25) is 14.5 Å². The molecule has 1 fully saturated rings. The van der Waals surface area contributed by atoms with Gasteiger partial charge in [0.1, 0.15) is 29.4 Å². The number of carbonyl (C=O) groups is 3. The van der Waals surface area contributed by atoms with Crippen molar-refractivity contribution >= 4 is 23.5 Å². The molecular weight excluding hydrogens is 368 g/mol. The van der Waals surface area contributed by atoms with Gasteiger partial charge in [-0.05, 0) is 24.1 Å². The first kappa shape index (κ1) is 19.5. The number of hydrogen-bond acceptors (Lipinski definition) is 3. The Morgan fingerprint density at radius 1 is 1.07 bits per heavy atom. The summed E-state index contributed by atoms with van der Waals surface area (Å²) in [4.78, 5) is 38.5. The first-order chi connectivity index (χ1) is 13.4. The lowest BCUT2D eigenvalue weighted by molar-refractivity contribution is -0.134. The van der Waals surface area contributed by atoms with Gasteiger partial charge in [-0.25, -0.2) is 13.6 Å². The third-order valence-electron chi connectivity index (χ3n) is 4.60. The second-order valence-electron chi connectivity index (χ2n) is 6.49. The Morgan fingerprint density at radius 2 is 1.71 bits per heavy atom. The van der Waals surface area contributed by atoms with Crippen LogP contribution in [0.2, 0.25) is 0 Å². The van der Waals surface area contributed by atoms with Crippen molar-refractivity contribution in [3.8, 4) is 0 Å². The third kappa shape index (κ3) is 3.45. The van der Waals surface area contributed by atoms with Crippen molar-refractivity contribution in [2.45, 2.75) is 25.3 Å². The Balaban J connectivity index is 1.82. The number of para-hydroxylation sites is 1. The maximum Gasteiger partial charge on any atom is 0.325 e. The maximum absolute atomic E-state index is 13.7. The van der Waals surface area contributed by atoms with E-state index in [1.807, 2.05) is 6.92 Å². The zero-order valence-electron chi connectivity index (χ0n) is 15.2. The minimum absolute atomic E-state index is 0.349. The number of halogens is 2. The quantitative estimate of drug-likeness (QED) is 0.748. The SMILES string of the molecule is CCC[C@@]1(c2ccccc2)NC(=O)N(CC(=O)Nc2c(F)cccc2F)C1=O. The summed E-state index contributed by atoms with van der Waals surface area (Å²) < 4.78 is 27.4. The molecule has 8 heteroatoms. The van der Waals surface area contributed by atoms with Crippen molar-refractivity contribution < 1.29 is 23.2 Å². The Bertz CT molecular complexity index is 900. The van der Waals surface area contributed by atoms with Crippen LogP contribution < -0.4 is 10.6 Å². The number of amides is 4. The standard InChI is InChI=1S/C20H19F2N3O3/c1-2-11-20(13-7-4-3-5-8-13)18(27)25(19(28)24-20)12-16(26)23-17-14(21)9-6-10-15(17)22/h3-10H,2,11-12H2,1H3,(H,23,26)(H,24,28)/t20-/m0/s1. The number of imide groups is 1. The fourth-order valence-corrected chi connectivity index (χ4v) is 3.32. The minimum Gasteiger partial charge on any atom is -0.320 e. The lowest BCUT2D eigenvalue weighted by Gasteiger charge is -2.26. The van der Waals surface area contributed by atoms with Gasteiger partial charge in [-0.2, -0.15) is 0 Å². The van der Waals surface area contributed by atoms with Crippen molar-refractivity contribution in [2.24, 2.45) is 0 Å². The molecule has 0 aromatic heterocycles. The first-order valence-electron chi connectivity index (χ1n) is 8.82. The van der Waals surface area contributed by atoms with Gasteiger partial charge < -0.3 is 10.6 Å². The summed E-state index contributed by atoms with van der Waals surface area (Å²) in [6.45, 7) is 1.22. The number of nitrogens with zero attached hydrogens (tertiary/aromatic N) is 1. The highest BCUT2D eigenvalue weighted by molar-refractivity contribution is 6.10. The third-order valence-corrected chi connectivity index (χ3v) is 4.60. The van der Waals surface area contributed by atoms with Crippen molar-refractivity contribution in [2.75, 3.05) is 11.9 Å². The molecule has 1 heterocycles. The number of anilines is 1. The van der Waals surface area contributed by atoms with E-state index in [-0.39, 0.29) is 0 Å². The predicted molar refractivity (Wildman–Crippen MR) is 98.3 cm³/mol. The molecule has 0 bridgehead atoms. The Hall–Kier alpha value is -3.29. The van der Waals surface area contributed by atoms with Crippen LogP contribution in [0.5, 0.6) is 0 Å². The van der Waals surface area contributed by atoms with Gasteiger partial charge in [-0.15, -0.1) is 0 Å². The van der Waals surface area contributed by atoms with Crippen molar-refractivity contribution in [1.82, 2.24) is 10.2 Å². The highest BCUT2D eigenvalue weighted by Gasteiger charge is 2.52. The minimum atomic E-state index is -1.27. The normalized spacial score (nSPS) is 18.9. The highest BCUT2D eigenvalue weighted by Crippen LogP contribution is 2.33. The fourth-order valence-electron chi connectivity index (χ4n) is 3.32. The molecule has 0 unspecified atom stereocenters. The van der Waals surface area contributed by atoms with E-state index < -0.39 is 47.3 Å². The number of rotatable bonds is 6. The highest BCUT2D eigenvalue weighted by atomic mass is 19.1. The number of urea groups is 1. The summed E-state index contributed by atoms with van der Waals surface area (Å²) >= 11 is 0. The van der Waals surface area contributed by atoms with Crippen LogP contribution in [0, 0.1) is 11.6 Å². The topological polar surface area (TPSA) is 78.5 Å². The lowest BCUT2D eigenvalue weighted by Crippen LogP contribution is -2.44. The van der Waals surface area contributed by atoms with Gasteiger partial charge in [0.15, 0.2) is 0 Å². The van der Waals surface area contributed by atoms with Gasteiger partial charge in [0.05, 0.1) is 0 Å². The summed E-state index contributed by atoms with van der Waals surface area (Å²) in [5.41, 5.74) is -1.28. The first-order valence-corrected chi connectivity index (χ1v) is 8.82. The summed E-state index contributed by atoms with van der Waals surface area (Å²) in [6.07, 6.45) is 0.961. The van der Waals surface area contributed by atoms with E-state index >= 15 is 0 Å². The fraction of sp³-hybridized carbons (Fsp3) is 0.250. The van der Waals surface area contributed by atoms with Crippen LogP contribution in [0.25, 0.3) is 0 Å². The summed E-state index contributed by atoms with van der Waals surface area (Å²) in [5.74, 6) is -3.35. The smallest absolute Gasteiger partial charge is 0.320 e. The van der Waals surface area contributed by atoms with Gasteiger partial charge in [0.25, 0.3) is 5.91 Å². The molecule has 28 heavy (non-hydrogen) atoms. The molecule has 2 N–H and O–H groups in total. The number of carbonyl (C=O) groups excluding carboxylic acids is 3. The summed E-state index contributed by atoms with van der Waals surface area (Å²) in [5, 5.41) is 4.77. The molecular formula is C20H19F2N3O3. The van der Waals surface area contributed by atoms with Crippen LogP contribution in [0.3, 0.4) is 0 Å². The summed E-state index contributed by atoms with van der Waals surface area (Å²) in [7, 11) is 0. The molecule has 1 aliphatic heterocycles.